The van der Waals surface area contributed by atoms with Gasteiger partial charge >= 0.3 is 0 Å². The summed E-state index contributed by atoms with van der Waals surface area (Å²) in [6.07, 6.45) is 3.76. The molecule has 3 aromatic rings. The Labute approximate surface area is 176 Å². The molecule has 0 unspecified atom stereocenters. The van der Waals surface area contributed by atoms with E-state index in [0.717, 1.165) is 23.7 Å². The van der Waals surface area contributed by atoms with Crippen LogP contribution in [-0.4, -0.2) is 52.4 Å². The molecule has 4 rings (SSSR count). The van der Waals surface area contributed by atoms with Gasteiger partial charge < -0.3 is 14.8 Å². The van der Waals surface area contributed by atoms with E-state index in [1.165, 1.54) is 11.9 Å². The van der Waals surface area contributed by atoms with Crippen LogP contribution in [0.25, 0.3) is 10.9 Å². The summed E-state index contributed by atoms with van der Waals surface area (Å²) >= 11 is 0. The van der Waals surface area contributed by atoms with E-state index >= 15 is 0 Å². The summed E-state index contributed by atoms with van der Waals surface area (Å²) in [5.41, 5.74) is 3.25. The normalized spacial score (nSPS) is 15.0. The van der Waals surface area contributed by atoms with Crippen LogP contribution in [-0.2, 0) is 6.42 Å². The predicted molar refractivity (Wildman–Crippen MR) is 116 cm³/mol. The highest BCUT2D eigenvalue weighted by molar-refractivity contribution is 5.98. The molecule has 0 aliphatic carbocycles. The highest BCUT2D eigenvalue weighted by atomic mass is 19.1. The number of piperidine rings is 1. The highest BCUT2D eigenvalue weighted by Crippen LogP contribution is 2.24. The van der Waals surface area contributed by atoms with E-state index in [4.69, 9.17) is 0 Å². The summed E-state index contributed by atoms with van der Waals surface area (Å²) < 4.78 is 14.5. The number of halogens is 1. The Bertz CT molecular complexity index is 1050. The molecule has 30 heavy (non-hydrogen) atoms. The first-order valence-electron chi connectivity index (χ1n) is 10.6. The molecule has 0 spiro atoms. The van der Waals surface area contributed by atoms with Gasteiger partial charge in [0.15, 0.2) is 11.6 Å². The third-order valence-electron chi connectivity index (χ3n) is 5.98. The zero-order chi connectivity index (χ0) is 21.3. The van der Waals surface area contributed by atoms with Crippen LogP contribution in [0, 0.1) is 18.7 Å². The second-order valence-corrected chi connectivity index (χ2v) is 8.20. The number of carbonyl (C=O) groups excluding carboxylic acids is 1. The van der Waals surface area contributed by atoms with Crippen LogP contribution in [0.2, 0.25) is 0 Å². The Balaban J connectivity index is 1.37. The molecular formula is C23H28FN5O. The van der Waals surface area contributed by atoms with Crippen molar-refractivity contribution in [3.8, 4) is 0 Å². The number of rotatable bonds is 5. The fraction of sp³-hybridized carbons (Fsp3) is 0.435. The van der Waals surface area contributed by atoms with Crippen LogP contribution in [0.5, 0.6) is 0 Å². The number of hydrogen-bond donors (Lipinski definition) is 1. The number of carbonyl (C=O) groups is 1. The molecule has 0 atom stereocenters. The van der Waals surface area contributed by atoms with Gasteiger partial charge in [-0.15, -0.1) is 0 Å². The lowest BCUT2D eigenvalue weighted by atomic mass is 9.96. The number of amides is 1. The molecule has 0 bridgehead atoms. The zero-order valence-electron chi connectivity index (χ0n) is 17.8. The fourth-order valence-electron chi connectivity index (χ4n) is 4.24. The first kappa shape index (κ1) is 20.3. The zero-order valence-corrected chi connectivity index (χ0v) is 17.8. The molecule has 3 heterocycles. The molecule has 1 aromatic carbocycles. The molecule has 1 amide bonds. The average Bonchev–Trinajstić information content (AvgIpc) is 3.17. The van der Waals surface area contributed by atoms with E-state index in [1.54, 1.807) is 0 Å². The molecule has 0 radical (unpaired) electrons. The van der Waals surface area contributed by atoms with Crippen LogP contribution >= 0.6 is 0 Å². The van der Waals surface area contributed by atoms with Gasteiger partial charge in [0.1, 0.15) is 12.0 Å². The number of H-pyrrole nitrogens is 1. The van der Waals surface area contributed by atoms with E-state index < -0.39 is 0 Å². The van der Waals surface area contributed by atoms with Gasteiger partial charge in [0.2, 0.25) is 0 Å². The molecule has 6 nitrogen and oxygen atoms in total. The summed E-state index contributed by atoms with van der Waals surface area (Å²) in [4.78, 5) is 28.1. The van der Waals surface area contributed by atoms with Crippen LogP contribution in [0.3, 0.4) is 0 Å². The van der Waals surface area contributed by atoms with Gasteiger partial charge in [0.05, 0.1) is 5.69 Å². The third kappa shape index (κ3) is 4.01. The number of anilines is 1. The molecule has 158 valence electrons. The maximum atomic E-state index is 14.5. The number of hydrogen-bond acceptors (Lipinski definition) is 4. The van der Waals surface area contributed by atoms with Crippen molar-refractivity contribution in [1.29, 1.82) is 0 Å². The lowest BCUT2D eigenvalue weighted by molar-refractivity contribution is 0.0688. The van der Waals surface area contributed by atoms with E-state index in [1.807, 2.05) is 48.9 Å². The summed E-state index contributed by atoms with van der Waals surface area (Å²) in [6.45, 7) is 6.06. The second kappa shape index (κ2) is 8.42. The maximum Gasteiger partial charge on any atom is 0.270 e. The monoisotopic (exact) mass is 409 g/mol. The predicted octanol–water partition coefficient (Wildman–Crippen LogP) is 3.96. The fourth-order valence-corrected chi connectivity index (χ4v) is 4.24. The standard InChI is InChI=1S/C23H28FN5O/c1-4-18-21(24)22(26-14-25-18)28(3)13-16-7-9-29(10-8-16)23(30)20-12-17-11-15(2)5-6-19(17)27-20/h5-6,11-12,14,16,27H,4,7-10,13H2,1-3H3. The molecule has 2 aromatic heterocycles. The number of nitrogens with one attached hydrogen (secondary N) is 1. The minimum atomic E-state index is -0.329. The minimum absolute atomic E-state index is 0.0464. The SMILES string of the molecule is CCc1ncnc(N(C)CC2CCN(C(=O)c3cc4cc(C)ccc4[nH]3)CC2)c1F. The Hall–Kier alpha value is -2.96. The van der Waals surface area contributed by atoms with Crippen molar-refractivity contribution >= 4 is 22.6 Å². The minimum Gasteiger partial charge on any atom is -0.357 e. The number of aromatic amines is 1. The number of benzene rings is 1. The van der Waals surface area contributed by atoms with Crippen molar-refractivity contribution < 1.29 is 9.18 Å². The van der Waals surface area contributed by atoms with Crippen molar-refractivity contribution in [3.63, 3.8) is 0 Å². The number of aromatic nitrogens is 3. The second-order valence-electron chi connectivity index (χ2n) is 8.20. The van der Waals surface area contributed by atoms with Crippen molar-refractivity contribution in [3.05, 3.63) is 53.4 Å². The first-order chi connectivity index (χ1) is 14.5. The van der Waals surface area contributed by atoms with Crippen LogP contribution in [0.1, 0.15) is 41.5 Å². The van der Waals surface area contributed by atoms with Crippen molar-refractivity contribution in [1.82, 2.24) is 19.9 Å². The summed E-state index contributed by atoms with van der Waals surface area (Å²) in [5, 5.41) is 1.06. The molecule has 1 aliphatic rings. The summed E-state index contributed by atoms with van der Waals surface area (Å²) in [6, 6.07) is 8.08. The van der Waals surface area contributed by atoms with Crippen molar-refractivity contribution in [2.75, 3.05) is 31.6 Å². The number of nitrogens with zero attached hydrogens (tertiary/aromatic N) is 4. The summed E-state index contributed by atoms with van der Waals surface area (Å²) in [7, 11) is 1.87. The molecule has 7 heteroatoms. The smallest absolute Gasteiger partial charge is 0.270 e. The highest BCUT2D eigenvalue weighted by Gasteiger charge is 2.26. The quantitative estimate of drug-likeness (QED) is 0.693. The Morgan fingerprint density at radius 1 is 1.27 bits per heavy atom. The maximum absolute atomic E-state index is 14.5. The third-order valence-corrected chi connectivity index (χ3v) is 5.98. The Morgan fingerprint density at radius 3 is 2.77 bits per heavy atom. The van der Waals surface area contributed by atoms with Gasteiger partial charge in [-0.25, -0.2) is 14.4 Å². The van der Waals surface area contributed by atoms with E-state index in [9.17, 15) is 9.18 Å². The van der Waals surface area contributed by atoms with Gasteiger partial charge in [-0.05, 0) is 50.3 Å². The Kier molecular flexibility index (Phi) is 5.70. The van der Waals surface area contributed by atoms with E-state index in [-0.39, 0.29) is 11.7 Å². The lowest BCUT2D eigenvalue weighted by Gasteiger charge is -2.34. The number of aryl methyl sites for hydroxylation is 2. The molecule has 0 saturated carbocycles. The topological polar surface area (TPSA) is 65.1 Å². The Morgan fingerprint density at radius 2 is 2.03 bits per heavy atom. The molecule has 1 saturated heterocycles. The lowest BCUT2D eigenvalue weighted by Crippen LogP contribution is -2.41. The van der Waals surface area contributed by atoms with E-state index in [2.05, 4.69) is 21.0 Å². The van der Waals surface area contributed by atoms with Gasteiger partial charge in [-0.2, -0.15) is 0 Å². The van der Waals surface area contributed by atoms with Gasteiger partial charge in [-0.3, -0.25) is 4.79 Å². The van der Waals surface area contributed by atoms with Gasteiger partial charge in [0, 0.05) is 37.6 Å². The van der Waals surface area contributed by atoms with Gasteiger partial charge in [-0.1, -0.05) is 18.6 Å². The molecular weight excluding hydrogens is 381 g/mol. The van der Waals surface area contributed by atoms with Crippen LogP contribution in [0.4, 0.5) is 10.2 Å². The van der Waals surface area contributed by atoms with Crippen LogP contribution in [0.15, 0.2) is 30.6 Å². The molecule has 1 N–H and O–H groups in total. The summed E-state index contributed by atoms with van der Waals surface area (Å²) in [5.74, 6) is 0.465. The average molecular weight is 410 g/mol. The number of likely N-dealkylation sites (tertiary alicyclic amines) is 1. The molecule has 1 aliphatic heterocycles. The first-order valence-corrected chi connectivity index (χ1v) is 10.6. The largest absolute Gasteiger partial charge is 0.357 e. The van der Waals surface area contributed by atoms with Crippen molar-refractivity contribution in [2.24, 2.45) is 5.92 Å². The van der Waals surface area contributed by atoms with Crippen LogP contribution < -0.4 is 4.90 Å². The van der Waals surface area contributed by atoms with E-state index in [0.29, 0.717) is 49.2 Å². The number of fused-ring (bicyclic) bond motifs is 1. The van der Waals surface area contributed by atoms with Crippen molar-refractivity contribution in [2.45, 2.75) is 33.1 Å². The van der Waals surface area contributed by atoms with Gasteiger partial charge in [0.25, 0.3) is 5.91 Å². The molecule has 1 fully saturated rings.